The number of aromatic nitrogens is 1. The van der Waals surface area contributed by atoms with Gasteiger partial charge in [0.2, 0.25) is 0 Å². The molecule has 21 heavy (non-hydrogen) atoms. The summed E-state index contributed by atoms with van der Waals surface area (Å²) >= 11 is 1.68. The Labute approximate surface area is 128 Å². The fraction of sp³-hybridized carbons (Fsp3) is 0.118. The van der Waals surface area contributed by atoms with Crippen LogP contribution in [0, 0.1) is 0 Å². The Hall–Kier alpha value is -2.33. The third kappa shape index (κ3) is 2.90. The van der Waals surface area contributed by atoms with Gasteiger partial charge in [-0.25, -0.2) is 9.88 Å². The Morgan fingerprint density at radius 2 is 1.76 bits per heavy atom. The van der Waals surface area contributed by atoms with Crippen LogP contribution >= 0.6 is 11.3 Å². The fourth-order valence-corrected chi connectivity index (χ4v) is 3.28. The third-order valence-electron chi connectivity index (χ3n) is 3.32. The number of thiazole rings is 1. The Morgan fingerprint density at radius 1 is 1.05 bits per heavy atom. The number of rotatable bonds is 4. The lowest BCUT2D eigenvalue weighted by Crippen LogP contribution is -2.34. The maximum absolute atomic E-state index is 9.35. The van der Waals surface area contributed by atoms with Gasteiger partial charge >= 0.3 is 5.13 Å². The van der Waals surface area contributed by atoms with E-state index in [0.29, 0.717) is 0 Å². The van der Waals surface area contributed by atoms with Crippen LogP contribution in [0.15, 0.2) is 60.0 Å². The van der Waals surface area contributed by atoms with Crippen molar-refractivity contribution >= 4 is 22.2 Å². The monoisotopic (exact) mass is 297 g/mol. The molecule has 0 fully saturated rings. The van der Waals surface area contributed by atoms with E-state index < -0.39 is 0 Å². The fourth-order valence-electron chi connectivity index (χ4n) is 2.26. The van der Waals surface area contributed by atoms with E-state index >= 15 is 0 Å². The smallest absolute Gasteiger partial charge is 0.339 e. The quantitative estimate of drug-likeness (QED) is 0.560. The van der Waals surface area contributed by atoms with E-state index in [1.165, 1.54) is 11.3 Å². The van der Waals surface area contributed by atoms with Gasteiger partial charge in [-0.15, -0.1) is 0 Å². The summed E-state index contributed by atoms with van der Waals surface area (Å²) in [4.78, 5) is 0. The van der Waals surface area contributed by atoms with Gasteiger partial charge in [0, 0.05) is 10.9 Å². The molecule has 0 atom stereocenters. The molecule has 3 nitrogen and oxygen atoms in total. The first-order chi connectivity index (χ1) is 10.3. The Balaban J connectivity index is 1.93. The van der Waals surface area contributed by atoms with Crippen LogP contribution in [0.25, 0.3) is 11.3 Å². The second-order valence-corrected chi connectivity index (χ2v) is 5.57. The van der Waals surface area contributed by atoms with Crippen molar-refractivity contribution in [2.45, 2.75) is 13.5 Å². The van der Waals surface area contributed by atoms with Crippen LogP contribution in [-0.4, -0.2) is 5.11 Å². The SMILES string of the molecule is CC[n+]1c(-c2ccccc2)csc1Nc1ccc(O)cc1. The second-order valence-electron chi connectivity index (χ2n) is 4.71. The van der Waals surface area contributed by atoms with Crippen molar-refractivity contribution in [1.82, 2.24) is 0 Å². The van der Waals surface area contributed by atoms with Crippen molar-refractivity contribution in [3.8, 4) is 17.0 Å². The lowest BCUT2D eigenvalue weighted by atomic mass is 10.2. The minimum absolute atomic E-state index is 0.278. The molecule has 1 aromatic heterocycles. The minimum Gasteiger partial charge on any atom is -0.508 e. The molecule has 0 saturated heterocycles. The lowest BCUT2D eigenvalue weighted by molar-refractivity contribution is -0.664. The van der Waals surface area contributed by atoms with E-state index in [-0.39, 0.29) is 5.75 Å². The van der Waals surface area contributed by atoms with Crippen LogP contribution < -0.4 is 9.88 Å². The van der Waals surface area contributed by atoms with Crippen molar-refractivity contribution in [2.24, 2.45) is 0 Å². The highest BCUT2D eigenvalue weighted by Gasteiger charge is 2.17. The molecule has 0 spiro atoms. The van der Waals surface area contributed by atoms with Gasteiger partial charge in [0.1, 0.15) is 17.1 Å². The number of nitrogens with one attached hydrogen (secondary N) is 1. The maximum Gasteiger partial charge on any atom is 0.339 e. The topological polar surface area (TPSA) is 36.1 Å². The molecule has 0 aliphatic rings. The zero-order valence-electron chi connectivity index (χ0n) is 11.8. The largest absolute Gasteiger partial charge is 0.508 e. The van der Waals surface area contributed by atoms with Crippen LogP contribution in [-0.2, 0) is 6.54 Å². The Kier molecular flexibility index (Phi) is 3.88. The molecule has 0 unspecified atom stereocenters. The molecule has 0 bridgehead atoms. The van der Waals surface area contributed by atoms with Crippen LogP contribution in [0.1, 0.15) is 6.92 Å². The van der Waals surface area contributed by atoms with E-state index in [4.69, 9.17) is 0 Å². The summed E-state index contributed by atoms with van der Waals surface area (Å²) in [5.41, 5.74) is 3.40. The molecule has 1 heterocycles. The van der Waals surface area contributed by atoms with Gasteiger partial charge in [-0.1, -0.05) is 41.7 Å². The molecule has 0 amide bonds. The number of phenolic OH excluding ortho intramolecular Hbond substituents is 1. The van der Waals surface area contributed by atoms with E-state index in [2.05, 4.69) is 46.5 Å². The molecule has 2 N–H and O–H groups in total. The normalized spacial score (nSPS) is 10.5. The van der Waals surface area contributed by atoms with E-state index in [1.807, 2.05) is 18.2 Å². The lowest BCUT2D eigenvalue weighted by Gasteiger charge is -2.03. The number of hydrogen-bond acceptors (Lipinski definition) is 3. The average Bonchev–Trinajstić information content (AvgIpc) is 2.93. The summed E-state index contributed by atoms with van der Waals surface area (Å²) in [6.45, 7) is 3.04. The minimum atomic E-state index is 0.278. The van der Waals surface area contributed by atoms with Gasteiger partial charge in [-0.2, -0.15) is 0 Å². The second kappa shape index (κ2) is 5.97. The number of benzene rings is 2. The molecule has 3 rings (SSSR count). The van der Waals surface area contributed by atoms with Crippen LogP contribution in [0.3, 0.4) is 0 Å². The van der Waals surface area contributed by atoms with Gasteiger partial charge < -0.3 is 5.11 Å². The van der Waals surface area contributed by atoms with Crippen molar-refractivity contribution in [3.63, 3.8) is 0 Å². The van der Waals surface area contributed by atoms with E-state index in [9.17, 15) is 5.11 Å². The summed E-state index contributed by atoms with van der Waals surface area (Å²) < 4.78 is 2.26. The van der Waals surface area contributed by atoms with Gasteiger partial charge in [0.15, 0.2) is 0 Å². The molecule has 0 aliphatic carbocycles. The summed E-state index contributed by atoms with van der Waals surface area (Å²) in [5, 5.41) is 16.0. The summed E-state index contributed by atoms with van der Waals surface area (Å²) in [6, 6.07) is 17.5. The van der Waals surface area contributed by atoms with Crippen molar-refractivity contribution in [1.29, 1.82) is 0 Å². The Morgan fingerprint density at radius 3 is 2.43 bits per heavy atom. The van der Waals surface area contributed by atoms with Crippen molar-refractivity contribution in [3.05, 3.63) is 60.0 Å². The molecule has 0 saturated carbocycles. The van der Waals surface area contributed by atoms with E-state index in [0.717, 1.165) is 17.4 Å². The van der Waals surface area contributed by atoms with Crippen molar-refractivity contribution < 1.29 is 9.67 Å². The predicted octanol–water partition coefficient (Wildman–Crippen LogP) is 4.17. The zero-order chi connectivity index (χ0) is 14.7. The molecular formula is C17H17N2OS+. The maximum atomic E-state index is 9.35. The number of nitrogens with zero attached hydrogens (tertiary/aromatic N) is 1. The van der Waals surface area contributed by atoms with Crippen molar-refractivity contribution in [2.75, 3.05) is 5.32 Å². The van der Waals surface area contributed by atoms with Crippen LogP contribution in [0.4, 0.5) is 10.8 Å². The van der Waals surface area contributed by atoms with Gasteiger partial charge in [-0.3, -0.25) is 0 Å². The first-order valence-electron chi connectivity index (χ1n) is 6.90. The van der Waals surface area contributed by atoms with E-state index in [1.54, 1.807) is 23.5 Å². The number of hydrogen-bond donors (Lipinski definition) is 2. The number of anilines is 2. The number of phenols is 1. The van der Waals surface area contributed by atoms with Gasteiger partial charge in [0.05, 0.1) is 6.54 Å². The van der Waals surface area contributed by atoms with Crippen LogP contribution in [0.2, 0.25) is 0 Å². The standard InChI is InChI=1S/C17H16N2OS/c1-2-19-16(13-6-4-3-5-7-13)12-21-17(19)18-14-8-10-15(20)11-9-14/h3-12,20H,2H2,1H3/p+1. The summed E-state index contributed by atoms with van der Waals surface area (Å²) in [7, 11) is 0. The van der Waals surface area contributed by atoms with Crippen LogP contribution in [0.5, 0.6) is 5.75 Å². The van der Waals surface area contributed by atoms with Gasteiger partial charge in [0.25, 0.3) is 0 Å². The molecule has 2 aromatic carbocycles. The molecule has 4 heteroatoms. The summed E-state index contributed by atoms with van der Waals surface area (Å²) in [6.07, 6.45) is 0. The Bertz CT molecular complexity index is 720. The molecule has 0 aliphatic heterocycles. The first-order valence-corrected chi connectivity index (χ1v) is 7.78. The molecular weight excluding hydrogens is 280 g/mol. The number of aromatic hydroxyl groups is 1. The molecule has 3 aromatic rings. The zero-order valence-corrected chi connectivity index (χ0v) is 12.6. The molecule has 106 valence electrons. The highest BCUT2D eigenvalue weighted by molar-refractivity contribution is 7.13. The first kappa shape index (κ1) is 13.6. The van der Waals surface area contributed by atoms with Gasteiger partial charge in [-0.05, 0) is 31.2 Å². The predicted molar refractivity (Wildman–Crippen MR) is 87.0 cm³/mol. The highest BCUT2D eigenvalue weighted by Crippen LogP contribution is 2.26. The average molecular weight is 297 g/mol. The molecule has 0 radical (unpaired) electrons. The third-order valence-corrected chi connectivity index (χ3v) is 4.21. The highest BCUT2D eigenvalue weighted by atomic mass is 32.1. The summed E-state index contributed by atoms with van der Waals surface area (Å²) in [5.74, 6) is 0.278.